The van der Waals surface area contributed by atoms with E-state index in [1.807, 2.05) is 30.3 Å². The molecule has 0 unspecified atom stereocenters. The van der Waals surface area contributed by atoms with Gasteiger partial charge >= 0.3 is 0 Å². The third-order valence-corrected chi connectivity index (χ3v) is 4.46. The fourth-order valence-electron chi connectivity index (χ4n) is 2.33. The fourth-order valence-corrected chi connectivity index (χ4v) is 2.98. The highest BCUT2D eigenvalue weighted by Crippen LogP contribution is 2.21. The topological polar surface area (TPSA) is 115 Å². The number of carbonyl (C=O) groups is 2. The van der Waals surface area contributed by atoms with Crippen LogP contribution in [0.1, 0.15) is 6.92 Å². The van der Waals surface area contributed by atoms with E-state index in [0.29, 0.717) is 22.4 Å². The van der Waals surface area contributed by atoms with Crippen molar-refractivity contribution in [3.05, 3.63) is 54.6 Å². The van der Waals surface area contributed by atoms with Gasteiger partial charge in [0, 0.05) is 23.9 Å². The number of nitrogen functional groups attached to an aromatic ring is 1. The molecule has 0 saturated heterocycles. The first-order valence-corrected chi connectivity index (χ1v) is 9.07. The first-order chi connectivity index (χ1) is 13.0. The Morgan fingerprint density at radius 3 is 2.26 bits per heavy atom. The van der Waals surface area contributed by atoms with Gasteiger partial charge in [0.2, 0.25) is 17.0 Å². The molecule has 3 rings (SSSR count). The molecule has 27 heavy (non-hydrogen) atoms. The van der Waals surface area contributed by atoms with Crippen molar-refractivity contribution in [2.24, 2.45) is 0 Å². The van der Waals surface area contributed by atoms with E-state index in [4.69, 9.17) is 5.84 Å². The van der Waals surface area contributed by atoms with E-state index in [2.05, 4.69) is 20.8 Å². The Morgan fingerprint density at radius 1 is 1.00 bits per heavy atom. The molecule has 2 aromatic carbocycles. The summed E-state index contributed by atoms with van der Waals surface area (Å²) < 4.78 is 1.37. The van der Waals surface area contributed by atoms with Gasteiger partial charge in [-0.1, -0.05) is 42.1 Å². The summed E-state index contributed by atoms with van der Waals surface area (Å²) in [6.07, 6.45) is 0. The monoisotopic (exact) mass is 382 g/mol. The maximum Gasteiger partial charge on any atom is 0.234 e. The number of nitrogens with zero attached hydrogens (tertiary/aromatic N) is 3. The third-order valence-electron chi connectivity index (χ3n) is 3.52. The molecule has 3 aromatic rings. The van der Waals surface area contributed by atoms with Gasteiger partial charge in [-0.2, -0.15) is 0 Å². The minimum Gasteiger partial charge on any atom is -0.335 e. The Labute approximate surface area is 160 Å². The second kappa shape index (κ2) is 8.37. The Kier molecular flexibility index (Phi) is 5.72. The summed E-state index contributed by atoms with van der Waals surface area (Å²) in [4.78, 5) is 23.1. The normalized spacial score (nSPS) is 10.4. The lowest BCUT2D eigenvalue weighted by Gasteiger charge is -2.07. The summed E-state index contributed by atoms with van der Waals surface area (Å²) in [5, 5.41) is 14.0. The number of nitrogens with two attached hydrogens (primary N) is 1. The van der Waals surface area contributed by atoms with Crippen LogP contribution in [0.15, 0.2) is 59.8 Å². The molecule has 0 fully saturated rings. The number of carbonyl (C=O) groups excluding carboxylic acids is 2. The summed E-state index contributed by atoms with van der Waals surface area (Å²) in [6.45, 7) is 1.44. The lowest BCUT2D eigenvalue weighted by atomic mass is 10.2. The summed E-state index contributed by atoms with van der Waals surface area (Å²) >= 11 is 1.20. The molecule has 2 amide bonds. The van der Waals surface area contributed by atoms with E-state index in [1.54, 1.807) is 24.3 Å². The number of anilines is 2. The molecule has 1 aromatic heterocycles. The van der Waals surface area contributed by atoms with E-state index in [-0.39, 0.29) is 17.6 Å². The van der Waals surface area contributed by atoms with Gasteiger partial charge < -0.3 is 16.5 Å². The van der Waals surface area contributed by atoms with Gasteiger partial charge in [0.05, 0.1) is 5.75 Å². The minimum absolute atomic E-state index is 0.136. The number of amides is 2. The summed E-state index contributed by atoms with van der Waals surface area (Å²) in [5.41, 5.74) is 2.15. The van der Waals surface area contributed by atoms with Crippen molar-refractivity contribution in [1.29, 1.82) is 0 Å². The molecule has 138 valence electrons. The van der Waals surface area contributed by atoms with Crippen LogP contribution in [0.5, 0.6) is 0 Å². The van der Waals surface area contributed by atoms with E-state index >= 15 is 0 Å². The molecule has 0 spiro atoms. The maximum absolute atomic E-state index is 12.1. The zero-order chi connectivity index (χ0) is 19.2. The Bertz CT molecular complexity index is 940. The van der Waals surface area contributed by atoms with Crippen molar-refractivity contribution in [1.82, 2.24) is 14.9 Å². The van der Waals surface area contributed by atoms with Gasteiger partial charge in [0.1, 0.15) is 0 Å². The van der Waals surface area contributed by atoms with E-state index < -0.39 is 0 Å². The van der Waals surface area contributed by atoms with Gasteiger partial charge in [-0.3, -0.25) is 9.59 Å². The van der Waals surface area contributed by atoms with Gasteiger partial charge in [0.15, 0.2) is 5.82 Å². The Morgan fingerprint density at radius 2 is 1.63 bits per heavy atom. The van der Waals surface area contributed by atoms with Crippen LogP contribution in [0.4, 0.5) is 11.4 Å². The number of nitrogens with one attached hydrogen (secondary N) is 2. The number of benzene rings is 2. The van der Waals surface area contributed by atoms with E-state index in [0.717, 1.165) is 5.56 Å². The highest BCUT2D eigenvalue weighted by atomic mass is 32.2. The average molecular weight is 382 g/mol. The second-order valence-corrected chi connectivity index (χ2v) is 6.58. The number of rotatable bonds is 6. The molecule has 0 aliphatic rings. The van der Waals surface area contributed by atoms with Crippen LogP contribution in [-0.4, -0.2) is 32.4 Å². The van der Waals surface area contributed by atoms with Crippen LogP contribution in [0.25, 0.3) is 11.4 Å². The van der Waals surface area contributed by atoms with Gasteiger partial charge in [-0.15, -0.1) is 10.2 Å². The van der Waals surface area contributed by atoms with Crippen LogP contribution in [0, 0.1) is 0 Å². The summed E-state index contributed by atoms with van der Waals surface area (Å²) in [6, 6.07) is 16.3. The van der Waals surface area contributed by atoms with E-state index in [9.17, 15) is 9.59 Å². The van der Waals surface area contributed by atoms with Gasteiger partial charge in [-0.05, 0) is 24.3 Å². The smallest absolute Gasteiger partial charge is 0.234 e. The number of thioether (sulfide) groups is 1. The van der Waals surface area contributed by atoms with E-state index in [1.165, 1.54) is 23.4 Å². The standard InChI is InChI=1S/C18H18N6O2S/c1-12(25)20-14-7-9-15(10-8-14)21-16(26)11-27-18-23-22-17(24(18)19)13-5-3-2-4-6-13/h2-10H,11,19H2,1H3,(H,20,25)(H,21,26). The number of aromatic nitrogens is 3. The largest absolute Gasteiger partial charge is 0.335 e. The van der Waals surface area contributed by atoms with Crippen LogP contribution >= 0.6 is 11.8 Å². The molecule has 0 atom stereocenters. The molecule has 4 N–H and O–H groups in total. The maximum atomic E-state index is 12.1. The highest BCUT2D eigenvalue weighted by Gasteiger charge is 2.13. The quantitative estimate of drug-likeness (QED) is 0.445. The van der Waals surface area contributed by atoms with Crippen molar-refractivity contribution >= 4 is 35.0 Å². The fraction of sp³-hybridized carbons (Fsp3) is 0.111. The second-order valence-electron chi connectivity index (χ2n) is 5.64. The highest BCUT2D eigenvalue weighted by molar-refractivity contribution is 7.99. The molecular formula is C18H18N6O2S. The van der Waals surface area contributed by atoms with Crippen LogP contribution < -0.4 is 16.5 Å². The summed E-state index contributed by atoms with van der Waals surface area (Å²) in [5.74, 6) is 6.36. The molecule has 1 heterocycles. The van der Waals surface area contributed by atoms with Gasteiger partial charge in [-0.25, -0.2) is 4.68 Å². The SMILES string of the molecule is CC(=O)Nc1ccc(NC(=O)CSc2nnc(-c3ccccc3)n2N)cc1. The first kappa shape index (κ1) is 18.5. The summed E-state index contributed by atoms with van der Waals surface area (Å²) in [7, 11) is 0. The van der Waals surface area contributed by atoms with Gasteiger partial charge in [0.25, 0.3) is 0 Å². The molecule has 8 nitrogen and oxygen atoms in total. The zero-order valence-electron chi connectivity index (χ0n) is 14.5. The number of hydrogen-bond acceptors (Lipinski definition) is 6. The molecule has 0 bridgehead atoms. The van der Waals surface area contributed by atoms with Crippen LogP contribution in [0.2, 0.25) is 0 Å². The zero-order valence-corrected chi connectivity index (χ0v) is 15.4. The molecule has 0 aliphatic heterocycles. The lowest BCUT2D eigenvalue weighted by Crippen LogP contribution is -2.16. The molecule has 0 radical (unpaired) electrons. The van der Waals surface area contributed by atoms with Crippen molar-refractivity contribution in [3.8, 4) is 11.4 Å². The predicted octanol–water partition coefficient (Wildman–Crippen LogP) is 2.35. The molecule has 0 aliphatic carbocycles. The van der Waals surface area contributed by atoms with Crippen molar-refractivity contribution in [2.45, 2.75) is 12.1 Å². The Balaban J connectivity index is 1.57. The molecular weight excluding hydrogens is 364 g/mol. The first-order valence-electron chi connectivity index (χ1n) is 8.09. The third kappa shape index (κ3) is 4.85. The molecule has 0 saturated carbocycles. The van der Waals surface area contributed by atoms with Crippen molar-refractivity contribution in [3.63, 3.8) is 0 Å². The average Bonchev–Trinajstić information content (AvgIpc) is 3.02. The van der Waals surface area contributed by atoms with Crippen molar-refractivity contribution < 1.29 is 9.59 Å². The lowest BCUT2D eigenvalue weighted by molar-refractivity contribution is -0.114. The van der Waals surface area contributed by atoms with Crippen molar-refractivity contribution in [2.75, 3.05) is 22.2 Å². The minimum atomic E-state index is -0.198. The van der Waals surface area contributed by atoms with Crippen LogP contribution in [-0.2, 0) is 9.59 Å². The predicted molar refractivity (Wildman–Crippen MR) is 106 cm³/mol. The van der Waals surface area contributed by atoms with Crippen LogP contribution in [0.3, 0.4) is 0 Å². The Hall–Kier alpha value is -3.33. The molecule has 9 heteroatoms. The number of hydrogen-bond donors (Lipinski definition) is 3.